The quantitative estimate of drug-likeness (QED) is 0.612. The van der Waals surface area contributed by atoms with Gasteiger partial charge in [0.25, 0.3) is 0 Å². The minimum Gasteiger partial charge on any atom is -0.325 e. The van der Waals surface area contributed by atoms with E-state index in [1.54, 1.807) is 19.2 Å². The van der Waals surface area contributed by atoms with Crippen molar-refractivity contribution < 1.29 is 4.79 Å². The molecule has 64 valence electrons. The van der Waals surface area contributed by atoms with Crippen molar-refractivity contribution in [3.8, 4) is 0 Å². The third-order valence-corrected chi connectivity index (χ3v) is 1.78. The SMILES string of the molecule is CC(=O)/C=C/n1c(C)ccc1C. The molecule has 0 aromatic carbocycles. The van der Waals surface area contributed by atoms with Crippen LogP contribution in [0.4, 0.5) is 0 Å². The molecule has 0 unspecified atom stereocenters. The first kappa shape index (κ1) is 8.78. The minimum atomic E-state index is 0.0718. The number of aromatic nitrogens is 1. The predicted molar refractivity (Wildman–Crippen MR) is 49.9 cm³/mol. The number of allylic oxidation sites excluding steroid dienone is 1. The van der Waals surface area contributed by atoms with Crippen molar-refractivity contribution in [1.29, 1.82) is 0 Å². The molecule has 0 atom stereocenters. The molecule has 0 aliphatic heterocycles. The van der Waals surface area contributed by atoms with Crippen LogP contribution in [-0.4, -0.2) is 10.4 Å². The average Bonchev–Trinajstić information content (AvgIpc) is 2.28. The third kappa shape index (κ3) is 1.84. The van der Waals surface area contributed by atoms with Crippen molar-refractivity contribution in [2.24, 2.45) is 0 Å². The lowest BCUT2D eigenvalue weighted by Crippen LogP contribution is -1.92. The molecule has 1 aromatic rings. The van der Waals surface area contributed by atoms with Gasteiger partial charge in [0.05, 0.1) is 0 Å². The fourth-order valence-electron chi connectivity index (χ4n) is 1.09. The summed E-state index contributed by atoms with van der Waals surface area (Å²) in [5.74, 6) is 0.0718. The summed E-state index contributed by atoms with van der Waals surface area (Å²) in [5, 5.41) is 0. The Labute approximate surface area is 72.5 Å². The molecule has 0 bridgehead atoms. The Balaban J connectivity index is 2.95. The van der Waals surface area contributed by atoms with E-state index in [1.165, 1.54) is 0 Å². The largest absolute Gasteiger partial charge is 0.325 e. The average molecular weight is 163 g/mol. The van der Waals surface area contributed by atoms with Crippen LogP contribution in [0.15, 0.2) is 18.2 Å². The first-order chi connectivity index (χ1) is 5.61. The van der Waals surface area contributed by atoms with Gasteiger partial charge in [-0.05, 0) is 39.0 Å². The van der Waals surface area contributed by atoms with E-state index in [2.05, 4.69) is 0 Å². The maximum absolute atomic E-state index is 10.7. The summed E-state index contributed by atoms with van der Waals surface area (Å²) in [7, 11) is 0. The second-order valence-corrected chi connectivity index (χ2v) is 2.91. The number of ketones is 1. The number of aryl methyl sites for hydroxylation is 2. The zero-order valence-electron chi connectivity index (χ0n) is 7.66. The van der Waals surface area contributed by atoms with Crippen LogP contribution in [0.1, 0.15) is 18.3 Å². The molecule has 0 spiro atoms. The van der Waals surface area contributed by atoms with Crippen LogP contribution in [-0.2, 0) is 4.79 Å². The summed E-state index contributed by atoms with van der Waals surface area (Å²) in [6.07, 6.45) is 3.37. The van der Waals surface area contributed by atoms with Crippen LogP contribution in [0.5, 0.6) is 0 Å². The topological polar surface area (TPSA) is 22.0 Å². The van der Waals surface area contributed by atoms with E-state index in [9.17, 15) is 4.79 Å². The molecule has 0 N–H and O–H groups in total. The van der Waals surface area contributed by atoms with Gasteiger partial charge in [-0.1, -0.05) is 0 Å². The molecule has 1 rings (SSSR count). The lowest BCUT2D eigenvalue weighted by atomic mass is 10.4. The molecular weight excluding hydrogens is 150 g/mol. The zero-order chi connectivity index (χ0) is 9.14. The van der Waals surface area contributed by atoms with E-state index < -0.39 is 0 Å². The maximum atomic E-state index is 10.7. The van der Waals surface area contributed by atoms with Gasteiger partial charge < -0.3 is 4.57 Å². The van der Waals surface area contributed by atoms with E-state index in [4.69, 9.17) is 0 Å². The van der Waals surface area contributed by atoms with Crippen molar-refractivity contribution in [3.05, 3.63) is 29.6 Å². The summed E-state index contributed by atoms with van der Waals surface area (Å²) < 4.78 is 1.99. The number of hydrogen-bond acceptors (Lipinski definition) is 1. The summed E-state index contributed by atoms with van der Waals surface area (Å²) in [4.78, 5) is 10.7. The van der Waals surface area contributed by atoms with Gasteiger partial charge in [0.2, 0.25) is 0 Å². The van der Waals surface area contributed by atoms with Crippen LogP contribution in [0.2, 0.25) is 0 Å². The molecule has 12 heavy (non-hydrogen) atoms. The van der Waals surface area contributed by atoms with E-state index in [1.807, 2.05) is 30.5 Å². The Morgan fingerprint density at radius 1 is 1.33 bits per heavy atom. The monoisotopic (exact) mass is 163 g/mol. The maximum Gasteiger partial charge on any atom is 0.154 e. The van der Waals surface area contributed by atoms with Gasteiger partial charge in [-0.3, -0.25) is 4.79 Å². The van der Waals surface area contributed by atoms with E-state index in [-0.39, 0.29) is 5.78 Å². The Hall–Kier alpha value is -1.31. The van der Waals surface area contributed by atoms with Gasteiger partial charge in [-0.25, -0.2) is 0 Å². The van der Waals surface area contributed by atoms with E-state index in [0.717, 1.165) is 11.4 Å². The fraction of sp³-hybridized carbons (Fsp3) is 0.300. The molecule has 2 heteroatoms. The van der Waals surface area contributed by atoms with E-state index >= 15 is 0 Å². The number of carbonyl (C=O) groups is 1. The zero-order valence-corrected chi connectivity index (χ0v) is 7.66. The van der Waals surface area contributed by atoms with Crippen LogP contribution in [0, 0.1) is 13.8 Å². The normalized spacial score (nSPS) is 10.9. The van der Waals surface area contributed by atoms with Gasteiger partial charge in [0.1, 0.15) is 0 Å². The predicted octanol–water partition coefficient (Wildman–Crippen LogP) is 2.16. The fourth-order valence-corrected chi connectivity index (χ4v) is 1.09. The van der Waals surface area contributed by atoms with Crippen molar-refractivity contribution in [2.45, 2.75) is 20.8 Å². The molecule has 1 heterocycles. The highest BCUT2D eigenvalue weighted by atomic mass is 16.1. The Kier molecular flexibility index (Phi) is 2.48. The molecular formula is C10H13NO. The number of nitrogens with zero attached hydrogens (tertiary/aromatic N) is 1. The van der Waals surface area contributed by atoms with Crippen LogP contribution >= 0.6 is 0 Å². The highest BCUT2D eigenvalue weighted by Gasteiger charge is 1.95. The number of carbonyl (C=O) groups excluding carboxylic acids is 1. The first-order valence-electron chi connectivity index (χ1n) is 3.94. The molecule has 0 radical (unpaired) electrons. The molecule has 0 saturated carbocycles. The summed E-state index contributed by atoms with van der Waals surface area (Å²) in [6, 6.07) is 4.06. The highest BCUT2D eigenvalue weighted by Crippen LogP contribution is 2.06. The highest BCUT2D eigenvalue weighted by molar-refractivity contribution is 5.89. The second kappa shape index (κ2) is 3.39. The molecule has 0 aliphatic carbocycles. The van der Waals surface area contributed by atoms with Crippen LogP contribution in [0.25, 0.3) is 6.20 Å². The summed E-state index contributed by atoms with van der Waals surface area (Å²) in [6.45, 7) is 5.57. The number of hydrogen-bond donors (Lipinski definition) is 0. The van der Waals surface area contributed by atoms with Crippen molar-refractivity contribution in [3.63, 3.8) is 0 Å². The minimum absolute atomic E-state index is 0.0718. The molecule has 1 aromatic heterocycles. The van der Waals surface area contributed by atoms with E-state index in [0.29, 0.717) is 0 Å². The summed E-state index contributed by atoms with van der Waals surface area (Å²) >= 11 is 0. The Morgan fingerprint density at radius 3 is 2.25 bits per heavy atom. The lowest BCUT2D eigenvalue weighted by Gasteiger charge is -2.00. The van der Waals surface area contributed by atoms with Crippen molar-refractivity contribution in [2.75, 3.05) is 0 Å². The molecule has 0 aliphatic rings. The van der Waals surface area contributed by atoms with Gasteiger partial charge in [-0.15, -0.1) is 0 Å². The van der Waals surface area contributed by atoms with Crippen LogP contribution < -0.4 is 0 Å². The molecule has 0 amide bonds. The Morgan fingerprint density at radius 2 is 1.83 bits per heavy atom. The Bertz CT molecular complexity index is 301. The van der Waals surface area contributed by atoms with Gasteiger partial charge in [0, 0.05) is 17.6 Å². The lowest BCUT2D eigenvalue weighted by molar-refractivity contribution is -0.112. The third-order valence-electron chi connectivity index (χ3n) is 1.78. The standard InChI is InChI=1S/C10H13NO/c1-8-4-5-9(2)11(8)7-6-10(3)12/h4-7H,1-3H3/b7-6+. The first-order valence-corrected chi connectivity index (χ1v) is 3.94. The van der Waals surface area contributed by atoms with Gasteiger partial charge in [0.15, 0.2) is 5.78 Å². The van der Waals surface area contributed by atoms with Crippen LogP contribution in [0.3, 0.4) is 0 Å². The molecule has 0 fully saturated rings. The number of rotatable bonds is 2. The second-order valence-electron chi connectivity index (χ2n) is 2.91. The molecule has 0 saturated heterocycles. The van der Waals surface area contributed by atoms with Crippen molar-refractivity contribution in [1.82, 2.24) is 4.57 Å². The van der Waals surface area contributed by atoms with Gasteiger partial charge >= 0.3 is 0 Å². The summed E-state index contributed by atoms with van der Waals surface area (Å²) in [5.41, 5.74) is 2.29. The van der Waals surface area contributed by atoms with Gasteiger partial charge in [-0.2, -0.15) is 0 Å². The van der Waals surface area contributed by atoms with Crippen molar-refractivity contribution >= 4 is 12.0 Å². The smallest absolute Gasteiger partial charge is 0.154 e. The molecule has 2 nitrogen and oxygen atoms in total.